The molecule has 1 fully saturated rings. The first-order valence-electron chi connectivity index (χ1n) is 5.83. The molecule has 0 aromatic heterocycles. The van der Waals surface area contributed by atoms with Crippen molar-refractivity contribution < 1.29 is 9.18 Å². The molecule has 2 unspecified atom stereocenters. The average molecular weight is 236 g/mol. The maximum atomic E-state index is 12.9. The van der Waals surface area contributed by atoms with Crippen molar-refractivity contribution >= 4 is 11.6 Å². The second-order valence-electron chi connectivity index (χ2n) is 4.90. The minimum Gasteiger partial charge on any atom is -0.398 e. The summed E-state index contributed by atoms with van der Waals surface area (Å²) in [4.78, 5) is 14.0. The number of rotatable bonds is 1. The Morgan fingerprint density at radius 3 is 2.47 bits per heavy atom. The van der Waals surface area contributed by atoms with Crippen LogP contribution in [0.1, 0.15) is 24.2 Å². The lowest BCUT2D eigenvalue weighted by atomic mass is 10.0. The number of benzene rings is 1. The normalized spacial score (nSPS) is 24.1. The maximum Gasteiger partial charge on any atom is 0.255 e. The van der Waals surface area contributed by atoms with E-state index in [9.17, 15) is 9.18 Å². The third-order valence-corrected chi connectivity index (χ3v) is 3.52. The van der Waals surface area contributed by atoms with Crippen LogP contribution in [0, 0.1) is 17.7 Å². The third kappa shape index (κ3) is 2.25. The molecular formula is C13H17FN2O. The lowest BCUT2D eigenvalue weighted by Gasteiger charge is -2.17. The van der Waals surface area contributed by atoms with Gasteiger partial charge in [-0.25, -0.2) is 4.39 Å². The molecule has 1 amide bonds. The van der Waals surface area contributed by atoms with Gasteiger partial charge in [-0.1, -0.05) is 13.8 Å². The van der Waals surface area contributed by atoms with E-state index in [2.05, 4.69) is 13.8 Å². The number of carbonyl (C=O) groups is 1. The summed E-state index contributed by atoms with van der Waals surface area (Å²) in [5.74, 6) is 0.488. The number of likely N-dealkylation sites (tertiary alicyclic amines) is 1. The van der Waals surface area contributed by atoms with Gasteiger partial charge in [-0.15, -0.1) is 0 Å². The van der Waals surface area contributed by atoms with Gasteiger partial charge in [0.05, 0.1) is 5.56 Å². The zero-order valence-corrected chi connectivity index (χ0v) is 10.1. The zero-order valence-electron chi connectivity index (χ0n) is 10.1. The highest BCUT2D eigenvalue weighted by Gasteiger charge is 2.30. The lowest BCUT2D eigenvalue weighted by Crippen LogP contribution is -2.29. The highest BCUT2D eigenvalue weighted by Crippen LogP contribution is 2.25. The van der Waals surface area contributed by atoms with E-state index in [-0.39, 0.29) is 11.6 Å². The molecule has 4 heteroatoms. The van der Waals surface area contributed by atoms with Gasteiger partial charge < -0.3 is 10.6 Å². The average Bonchev–Trinajstić information content (AvgIpc) is 2.58. The van der Waals surface area contributed by atoms with E-state index in [0.29, 0.717) is 17.4 Å². The van der Waals surface area contributed by atoms with Crippen molar-refractivity contribution in [1.29, 1.82) is 0 Å². The van der Waals surface area contributed by atoms with Gasteiger partial charge in [-0.3, -0.25) is 4.79 Å². The molecule has 92 valence electrons. The number of hydrogen-bond acceptors (Lipinski definition) is 2. The molecule has 17 heavy (non-hydrogen) atoms. The van der Waals surface area contributed by atoms with E-state index in [1.807, 2.05) is 0 Å². The van der Waals surface area contributed by atoms with Gasteiger partial charge in [0.15, 0.2) is 0 Å². The van der Waals surface area contributed by atoms with Crippen LogP contribution in [0.25, 0.3) is 0 Å². The molecule has 1 aliphatic rings. The monoisotopic (exact) mass is 236 g/mol. The molecule has 0 saturated carbocycles. The van der Waals surface area contributed by atoms with Crippen molar-refractivity contribution in [2.75, 3.05) is 18.8 Å². The fourth-order valence-electron chi connectivity index (χ4n) is 2.19. The highest BCUT2D eigenvalue weighted by molar-refractivity contribution is 5.99. The molecule has 1 aromatic rings. The van der Waals surface area contributed by atoms with Crippen molar-refractivity contribution in [3.63, 3.8) is 0 Å². The number of nitrogen functional groups attached to an aromatic ring is 1. The van der Waals surface area contributed by atoms with E-state index in [1.165, 1.54) is 18.2 Å². The molecule has 0 bridgehead atoms. The van der Waals surface area contributed by atoms with Crippen molar-refractivity contribution in [3.05, 3.63) is 29.6 Å². The molecular weight excluding hydrogens is 219 g/mol. The Bertz CT molecular complexity index is 437. The van der Waals surface area contributed by atoms with Gasteiger partial charge in [-0.2, -0.15) is 0 Å². The second-order valence-corrected chi connectivity index (χ2v) is 4.90. The number of hydrogen-bond donors (Lipinski definition) is 1. The molecule has 2 N–H and O–H groups in total. The number of carbonyl (C=O) groups excluding carboxylic acids is 1. The van der Waals surface area contributed by atoms with Crippen LogP contribution in [0.4, 0.5) is 10.1 Å². The van der Waals surface area contributed by atoms with Crippen LogP contribution in [0.2, 0.25) is 0 Å². The first-order chi connectivity index (χ1) is 7.99. The molecule has 1 saturated heterocycles. The van der Waals surface area contributed by atoms with Crippen molar-refractivity contribution in [3.8, 4) is 0 Å². The van der Waals surface area contributed by atoms with Crippen molar-refractivity contribution in [2.45, 2.75) is 13.8 Å². The minimum absolute atomic E-state index is 0.0984. The Morgan fingerprint density at radius 1 is 1.35 bits per heavy atom. The first-order valence-corrected chi connectivity index (χ1v) is 5.83. The third-order valence-electron chi connectivity index (χ3n) is 3.52. The van der Waals surface area contributed by atoms with E-state index in [1.54, 1.807) is 4.90 Å². The first kappa shape index (κ1) is 11.9. The minimum atomic E-state index is -0.415. The standard InChI is InChI=1S/C13H17FN2O/c1-8-6-16(7-9(8)2)13(17)11-4-3-10(14)5-12(11)15/h3-5,8-9H,6-7,15H2,1-2H3. The number of halogens is 1. The van der Waals surface area contributed by atoms with E-state index in [4.69, 9.17) is 5.73 Å². The predicted molar refractivity (Wildman–Crippen MR) is 65.0 cm³/mol. The number of amides is 1. The maximum absolute atomic E-state index is 12.9. The lowest BCUT2D eigenvalue weighted by molar-refractivity contribution is 0.0786. The van der Waals surface area contributed by atoms with Gasteiger partial charge in [0.25, 0.3) is 5.91 Å². The van der Waals surface area contributed by atoms with Gasteiger partial charge >= 0.3 is 0 Å². The van der Waals surface area contributed by atoms with Crippen LogP contribution in [0.5, 0.6) is 0 Å². The quantitative estimate of drug-likeness (QED) is 0.759. The Labute approximate surface area is 100 Å². The summed E-state index contributed by atoms with van der Waals surface area (Å²) >= 11 is 0. The SMILES string of the molecule is CC1CN(C(=O)c2ccc(F)cc2N)CC1C. The van der Waals surface area contributed by atoms with Gasteiger partial charge in [0.2, 0.25) is 0 Å². The smallest absolute Gasteiger partial charge is 0.255 e. The summed E-state index contributed by atoms with van der Waals surface area (Å²) in [6.45, 7) is 5.76. The summed E-state index contributed by atoms with van der Waals surface area (Å²) < 4.78 is 12.9. The molecule has 3 nitrogen and oxygen atoms in total. The van der Waals surface area contributed by atoms with E-state index in [0.717, 1.165) is 13.1 Å². The van der Waals surface area contributed by atoms with E-state index < -0.39 is 5.82 Å². The summed E-state index contributed by atoms with van der Waals surface area (Å²) in [5.41, 5.74) is 6.28. The predicted octanol–water partition coefficient (Wildman–Crippen LogP) is 2.14. The number of anilines is 1. The summed E-state index contributed by atoms with van der Waals surface area (Å²) in [5, 5.41) is 0. The Kier molecular flexibility index (Phi) is 3.05. The summed E-state index contributed by atoms with van der Waals surface area (Å²) in [6, 6.07) is 3.92. The zero-order chi connectivity index (χ0) is 12.6. The van der Waals surface area contributed by atoms with Crippen molar-refractivity contribution in [1.82, 2.24) is 4.90 Å². The van der Waals surface area contributed by atoms with Crippen LogP contribution in [0.15, 0.2) is 18.2 Å². The molecule has 1 aliphatic heterocycles. The van der Waals surface area contributed by atoms with Crippen LogP contribution in [0.3, 0.4) is 0 Å². The topological polar surface area (TPSA) is 46.3 Å². The van der Waals surface area contributed by atoms with Gasteiger partial charge in [-0.05, 0) is 30.0 Å². The molecule has 2 atom stereocenters. The van der Waals surface area contributed by atoms with E-state index >= 15 is 0 Å². The van der Waals surface area contributed by atoms with Crippen LogP contribution in [-0.2, 0) is 0 Å². The molecule has 0 radical (unpaired) electrons. The molecule has 1 heterocycles. The van der Waals surface area contributed by atoms with Crippen LogP contribution < -0.4 is 5.73 Å². The number of nitrogens with zero attached hydrogens (tertiary/aromatic N) is 1. The largest absolute Gasteiger partial charge is 0.398 e. The Hall–Kier alpha value is -1.58. The number of nitrogens with two attached hydrogens (primary N) is 1. The highest BCUT2D eigenvalue weighted by atomic mass is 19.1. The second kappa shape index (κ2) is 4.35. The molecule has 0 spiro atoms. The fraction of sp³-hybridized carbons (Fsp3) is 0.462. The van der Waals surface area contributed by atoms with Gasteiger partial charge in [0, 0.05) is 18.8 Å². The fourth-order valence-corrected chi connectivity index (χ4v) is 2.19. The summed E-state index contributed by atoms with van der Waals surface area (Å²) in [7, 11) is 0. The Morgan fingerprint density at radius 2 is 1.94 bits per heavy atom. The van der Waals surface area contributed by atoms with Crippen molar-refractivity contribution in [2.24, 2.45) is 11.8 Å². The van der Waals surface area contributed by atoms with Gasteiger partial charge in [0.1, 0.15) is 5.82 Å². The Balaban J connectivity index is 2.20. The van der Waals surface area contributed by atoms with Crippen LogP contribution in [-0.4, -0.2) is 23.9 Å². The molecule has 0 aliphatic carbocycles. The van der Waals surface area contributed by atoms with Crippen LogP contribution >= 0.6 is 0 Å². The molecule has 2 rings (SSSR count). The molecule has 1 aromatic carbocycles. The summed E-state index contributed by atoms with van der Waals surface area (Å²) in [6.07, 6.45) is 0.